The molecule has 0 aromatic carbocycles. The Kier molecular flexibility index (Phi) is 4.36. The summed E-state index contributed by atoms with van der Waals surface area (Å²) in [5.41, 5.74) is 5.89. The third-order valence-electron chi connectivity index (χ3n) is 3.98. The zero-order chi connectivity index (χ0) is 14.9. The van der Waals surface area contributed by atoms with Gasteiger partial charge in [0.1, 0.15) is 0 Å². The number of nitrogens with two attached hydrogens (primary N) is 1. The number of alkyl halides is 3. The average molecular weight is 291 g/mol. The van der Waals surface area contributed by atoms with Crippen LogP contribution in [0.2, 0.25) is 0 Å². The maximum Gasteiger partial charge on any atom is 0.392 e. The number of aromatic nitrogens is 2. The minimum absolute atomic E-state index is 0.0816. The number of halogens is 3. The highest BCUT2D eigenvalue weighted by Gasteiger charge is 2.48. The number of hydrogen-bond donors (Lipinski definition) is 1. The summed E-state index contributed by atoms with van der Waals surface area (Å²) in [7, 11) is 0. The molecule has 0 radical (unpaired) electrons. The van der Waals surface area contributed by atoms with Gasteiger partial charge in [-0.2, -0.15) is 18.2 Å². The molecule has 0 aliphatic heterocycles. The van der Waals surface area contributed by atoms with E-state index in [2.05, 4.69) is 10.1 Å². The van der Waals surface area contributed by atoms with Crippen LogP contribution >= 0.6 is 0 Å². The maximum atomic E-state index is 13.1. The fourth-order valence-corrected chi connectivity index (χ4v) is 2.65. The Morgan fingerprint density at radius 1 is 1.25 bits per heavy atom. The first-order valence-electron chi connectivity index (χ1n) is 6.96. The second kappa shape index (κ2) is 5.71. The van der Waals surface area contributed by atoms with Crippen LogP contribution in [-0.4, -0.2) is 16.3 Å². The van der Waals surface area contributed by atoms with E-state index in [1.165, 1.54) is 0 Å². The van der Waals surface area contributed by atoms with Crippen molar-refractivity contribution in [1.82, 2.24) is 10.1 Å². The summed E-state index contributed by atoms with van der Waals surface area (Å²) in [6, 6.07) is -0.416. The molecule has 1 aromatic rings. The van der Waals surface area contributed by atoms with E-state index in [4.69, 9.17) is 10.3 Å². The van der Waals surface area contributed by atoms with E-state index in [9.17, 15) is 13.2 Å². The van der Waals surface area contributed by atoms with Crippen molar-refractivity contribution in [3.8, 4) is 0 Å². The zero-order valence-electron chi connectivity index (χ0n) is 11.7. The van der Waals surface area contributed by atoms with Gasteiger partial charge in [-0.15, -0.1) is 0 Å². The highest BCUT2D eigenvalue weighted by Crippen LogP contribution is 2.46. The molecule has 4 nitrogen and oxygen atoms in total. The number of nitrogens with zero attached hydrogens (tertiary/aromatic N) is 2. The van der Waals surface area contributed by atoms with Crippen molar-refractivity contribution in [1.29, 1.82) is 0 Å². The van der Waals surface area contributed by atoms with Gasteiger partial charge in [0.05, 0.1) is 12.0 Å². The standard InChI is InChI=1S/C13H20F3N3O/c1-7(2)10(17)11-18-12(20-19-11)8-5-3-4-6-9(8)13(14,15)16/h7-10H,3-6,17H2,1-2H3. The first kappa shape index (κ1) is 15.3. The van der Waals surface area contributed by atoms with Crippen molar-refractivity contribution >= 4 is 0 Å². The van der Waals surface area contributed by atoms with Gasteiger partial charge in [0.25, 0.3) is 0 Å². The SMILES string of the molecule is CC(C)C(N)c1noc(C2CCCCC2C(F)(F)F)n1. The molecule has 114 valence electrons. The summed E-state index contributed by atoms with van der Waals surface area (Å²) in [4.78, 5) is 4.12. The minimum Gasteiger partial charge on any atom is -0.339 e. The Balaban J connectivity index is 2.21. The molecule has 1 aliphatic rings. The topological polar surface area (TPSA) is 64.9 Å². The van der Waals surface area contributed by atoms with E-state index in [1.807, 2.05) is 13.8 Å². The van der Waals surface area contributed by atoms with E-state index >= 15 is 0 Å². The summed E-state index contributed by atoms with van der Waals surface area (Å²) in [6.45, 7) is 3.81. The summed E-state index contributed by atoms with van der Waals surface area (Å²) < 4.78 is 44.2. The summed E-state index contributed by atoms with van der Waals surface area (Å²) in [5.74, 6) is -1.64. The van der Waals surface area contributed by atoms with Crippen LogP contribution in [0.15, 0.2) is 4.52 Å². The lowest BCUT2D eigenvalue weighted by Gasteiger charge is -2.30. The predicted octanol–water partition coefficient (Wildman–Crippen LogP) is 3.56. The van der Waals surface area contributed by atoms with Crippen molar-refractivity contribution in [2.75, 3.05) is 0 Å². The molecular formula is C13H20F3N3O. The van der Waals surface area contributed by atoms with E-state index < -0.39 is 24.1 Å². The van der Waals surface area contributed by atoms with Gasteiger partial charge in [-0.25, -0.2) is 0 Å². The molecule has 0 amide bonds. The highest BCUT2D eigenvalue weighted by molar-refractivity contribution is 5.03. The van der Waals surface area contributed by atoms with E-state index in [1.54, 1.807) is 0 Å². The molecule has 3 unspecified atom stereocenters. The molecule has 1 aromatic heterocycles. The fourth-order valence-electron chi connectivity index (χ4n) is 2.65. The lowest BCUT2D eigenvalue weighted by molar-refractivity contribution is -0.189. The Hall–Kier alpha value is -1.11. The summed E-state index contributed by atoms with van der Waals surface area (Å²) in [6.07, 6.45) is -2.32. The van der Waals surface area contributed by atoms with Gasteiger partial charge in [-0.05, 0) is 18.8 Å². The molecule has 0 bridgehead atoms. The monoisotopic (exact) mass is 291 g/mol. The van der Waals surface area contributed by atoms with Gasteiger partial charge in [0, 0.05) is 5.92 Å². The Labute approximate surface area is 115 Å². The first-order chi connectivity index (χ1) is 9.30. The van der Waals surface area contributed by atoms with Crippen LogP contribution in [-0.2, 0) is 0 Å². The normalized spacial score (nSPS) is 25.9. The molecule has 2 N–H and O–H groups in total. The van der Waals surface area contributed by atoms with Crippen LogP contribution in [0.4, 0.5) is 13.2 Å². The lowest BCUT2D eigenvalue weighted by Crippen LogP contribution is -2.31. The van der Waals surface area contributed by atoms with Gasteiger partial charge < -0.3 is 10.3 Å². The zero-order valence-corrected chi connectivity index (χ0v) is 11.7. The first-order valence-corrected chi connectivity index (χ1v) is 6.96. The number of rotatable bonds is 3. The van der Waals surface area contributed by atoms with Crippen LogP contribution in [0.25, 0.3) is 0 Å². The average Bonchev–Trinajstić information content (AvgIpc) is 2.86. The molecule has 2 rings (SSSR count). The van der Waals surface area contributed by atoms with Crippen LogP contribution in [0.5, 0.6) is 0 Å². The van der Waals surface area contributed by atoms with E-state index in [0.717, 1.165) is 6.42 Å². The third kappa shape index (κ3) is 3.13. The minimum atomic E-state index is -4.22. The quantitative estimate of drug-likeness (QED) is 0.924. The maximum absolute atomic E-state index is 13.1. The molecular weight excluding hydrogens is 271 g/mol. The van der Waals surface area contributed by atoms with Crippen molar-refractivity contribution < 1.29 is 17.7 Å². The number of hydrogen-bond acceptors (Lipinski definition) is 4. The van der Waals surface area contributed by atoms with Gasteiger partial charge >= 0.3 is 6.18 Å². The van der Waals surface area contributed by atoms with E-state index in [-0.39, 0.29) is 18.2 Å². The molecule has 20 heavy (non-hydrogen) atoms. The Morgan fingerprint density at radius 2 is 1.90 bits per heavy atom. The third-order valence-corrected chi connectivity index (χ3v) is 3.98. The van der Waals surface area contributed by atoms with Gasteiger partial charge in [0.15, 0.2) is 5.82 Å². The summed E-state index contributed by atoms with van der Waals surface area (Å²) >= 11 is 0. The lowest BCUT2D eigenvalue weighted by atomic mass is 9.78. The largest absolute Gasteiger partial charge is 0.392 e. The molecule has 1 heterocycles. The molecule has 0 spiro atoms. The van der Waals surface area contributed by atoms with Crippen molar-refractivity contribution in [3.05, 3.63) is 11.7 Å². The van der Waals surface area contributed by atoms with Gasteiger partial charge in [0.2, 0.25) is 5.89 Å². The van der Waals surface area contributed by atoms with Crippen molar-refractivity contribution in [2.45, 2.75) is 57.7 Å². The molecule has 1 saturated carbocycles. The van der Waals surface area contributed by atoms with E-state index in [0.29, 0.717) is 18.7 Å². The molecule has 7 heteroatoms. The summed E-state index contributed by atoms with van der Waals surface area (Å²) in [5, 5.41) is 3.75. The van der Waals surface area contributed by atoms with Crippen molar-refractivity contribution in [2.24, 2.45) is 17.6 Å². The predicted molar refractivity (Wildman–Crippen MR) is 66.8 cm³/mol. The van der Waals surface area contributed by atoms with Crippen LogP contribution in [0, 0.1) is 11.8 Å². The van der Waals surface area contributed by atoms with Gasteiger partial charge in [-0.1, -0.05) is 31.8 Å². The van der Waals surface area contributed by atoms with Gasteiger partial charge in [-0.3, -0.25) is 0 Å². The molecule has 1 fully saturated rings. The highest BCUT2D eigenvalue weighted by atomic mass is 19.4. The smallest absolute Gasteiger partial charge is 0.339 e. The second-order valence-electron chi connectivity index (χ2n) is 5.80. The molecule has 1 aliphatic carbocycles. The van der Waals surface area contributed by atoms with Crippen LogP contribution in [0.1, 0.15) is 63.2 Å². The fraction of sp³-hybridized carbons (Fsp3) is 0.846. The Bertz CT molecular complexity index is 444. The second-order valence-corrected chi connectivity index (χ2v) is 5.80. The van der Waals surface area contributed by atoms with Crippen LogP contribution in [0.3, 0.4) is 0 Å². The van der Waals surface area contributed by atoms with Crippen LogP contribution < -0.4 is 5.73 Å². The van der Waals surface area contributed by atoms with Crippen molar-refractivity contribution in [3.63, 3.8) is 0 Å². The Morgan fingerprint density at radius 3 is 2.50 bits per heavy atom. The molecule has 0 saturated heterocycles. The molecule has 3 atom stereocenters.